The molecule has 0 aliphatic rings. The maximum atomic E-state index is 12.1. The molecule has 2 amide bonds. The average molecular weight is 446 g/mol. The molecule has 0 heterocycles. The van der Waals surface area contributed by atoms with Gasteiger partial charge in [0.15, 0.2) is 6.61 Å². The van der Waals surface area contributed by atoms with Crippen LogP contribution in [-0.2, 0) is 25.6 Å². The first kappa shape index (κ1) is 26.1. The minimum Gasteiger partial charge on any atom is -0.449 e. The van der Waals surface area contributed by atoms with Gasteiger partial charge in [-0.05, 0) is 44.7 Å². The van der Waals surface area contributed by atoms with Gasteiger partial charge in [0.1, 0.15) is 24.3 Å². The number of esters is 1. The van der Waals surface area contributed by atoms with Crippen molar-refractivity contribution < 1.29 is 28.6 Å². The minimum absolute atomic E-state index is 0.0195. The molecule has 2 N–H and O–H groups in total. The normalized spacial score (nSPS) is 11.2. The molecule has 0 spiro atoms. The Morgan fingerprint density at radius 2 is 1.88 bits per heavy atom. The average Bonchev–Trinajstić information content (AvgIpc) is 2.72. The number of nitrogens with zero attached hydrogens (tertiary/aromatic N) is 4. The number of rotatable bonds is 10. The van der Waals surface area contributed by atoms with Gasteiger partial charge in [-0.25, -0.2) is 14.4 Å². The molecule has 0 fully saturated rings. The van der Waals surface area contributed by atoms with Gasteiger partial charge in [0.2, 0.25) is 0 Å². The zero-order chi connectivity index (χ0) is 24.0. The van der Waals surface area contributed by atoms with Crippen LogP contribution in [0.25, 0.3) is 10.4 Å². The molecule has 1 aromatic rings. The largest absolute Gasteiger partial charge is 0.449 e. The van der Waals surface area contributed by atoms with Crippen LogP contribution in [0.3, 0.4) is 0 Å². The van der Waals surface area contributed by atoms with Gasteiger partial charge in [-0.3, -0.25) is 0 Å². The van der Waals surface area contributed by atoms with Crippen molar-refractivity contribution in [2.24, 2.45) is 5.11 Å². The summed E-state index contributed by atoms with van der Waals surface area (Å²) in [7, 11) is 0. The fourth-order valence-electron chi connectivity index (χ4n) is 2.31. The van der Waals surface area contributed by atoms with E-state index in [0.29, 0.717) is 17.7 Å². The molecule has 0 aliphatic carbocycles. The second kappa shape index (κ2) is 13.4. The summed E-state index contributed by atoms with van der Waals surface area (Å²) >= 11 is 0. The number of ether oxygens (including phenoxy) is 3. The number of nitriles is 1. The van der Waals surface area contributed by atoms with Crippen LogP contribution in [-0.4, -0.2) is 43.0 Å². The fourth-order valence-corrected chi connectivity index (χ4v) is 2.31. The maximum Gasteiger partial charge on any atom is 0.408 e. The van der Waals surface area contributed by atoms with E-state index in [4.69, 9.17) is 25.0 Å². The van der Waals surface area contributed by atoms with Gasteiger partial charge >= 0.3 is 18.2 Å². The zero-order valence-electron chi connectivity index (χ0n) is 18.2. The van der Waals surface area contributed by atoms with Crippen molar-refractivity contribution in [1.82, 2.24) is 10.6 Å². The molecule has 0 aliphatic heterocycles. The number of alkyl carbamates (subject to hydrolysis) is 2. The first-order valence-corrected chi connectivity index (χ1v) is 9.72. The predicted octanol–water partition coefficient (Wildman–Crippen LogP) is 3.59. The number of benzene rings is 1. The Balaban J connectivity index is 2.44. The lowest BCUT2D eigenvalue weighted by atomic mass is 10.1. The molecular formula is C20H26N6O6. The van der Waals surface area contributed by atoms with Gasteiger partial charge in [-0.15, -0.1) is 0 Å². The Morgan fingerprint density at radius 3 is 2.47 bits per heavy atom. The number of hydrogen-bond donors (Lipinski definition) is 2. The van der Waals surface area contributed by atoms with Gasteiger partial charge in [0, 0.05) is 17.1 Å². The highest BCUT2D eigenvalue weighted by molar-refractivity contribution is 5.81. The van der Waals surface area contributed by atoms with E-state index in [1.165, 1.54) is 0 Å². The molecule has 0 saturated heterocycles. The second-order valence-electron chi connectivity index (χ2n) is 7.47. The first-order chi connectivity index (χ1) is 15.1. The van der Waals surface area contributed by atoms with Gasteiger partial charge in [0.25, 0.3) is 0 Å². The number of nitrogens with one attached hydrogen (secondary N) is 2. The van der Waals surface area contributed by atoms with Crippen molar-refractivity contribution in [3.8, 4) is 6.07 Å². The lowest BCUT2D eigenvalue weighted by Crippen LogP contribution is -2.44. The van der Waals surface area contributed by atoms with E-state index in [1.54, 1.807) is 51.1 Å². The number of carbonyl (C=O) groups excluding carboxylic acids is 3. The van der Waals surface area contributed by atoms with E-state index in [1.807, 2.05) is 0 Å². The smallest absolute Gasteiger partial charge is 0.408 e. The summed E-state index contributed by atoms with van der Waals surface area (Å²) in [5.74, 6) is -0.774. The van der Waals surface area contributed by atoms with Crippen molar-refractivity contribution in [3.05, 3.63) is 40.3 Å². The molecule has 12 nitrogen and oxygen atoms in total. The van der Waals surface area contributed by atoms with E-state index in [-0.39, 0.29) is 19.6 Å². The van der Waals surface area contributed by atoms with E-state index in [2.05, 4.69) is 20.7 Å². The number of azide groups is 1. The molecule has 1 rings (SSSR count). The van der Waals surface area contributed by atoms with Gasteiger partial charge < -0.3 is 24.8 Å². The van der Waals surface area contributed by atoms with Crippen molar-refractivity contribution in [1.29, 1.82) is 5.26 Å². The van der Waals surface area contributed by atoms with Crippen LogP contribution < -0.4 is 10.6 Å². The Hall–Kier alpha value is -3.97. The van der Waals surface area contributed by atoms with Crippen LogP contribution in [0, 0.1) is 11.3 Å². The summed E-state index contributed by atoms with van der Waals surface area (Å²) in [5, 5.41) is 17.0. The molecule has 172 valence electrons. The molecule has 1 unspecified atom stereocenters. The monoisotopic (exact) mass is 446 g/mol. The minimum atomic E-state index is -1.04. The van der Waals surface area contributed by atoms with Crippen molar-refractivity contribution in [3.63, 3.8) is 0 Å². The Bertz CT molecular complexity index is 868. The highest BCUT2D eigenvalue weighted by Gasteiger charge is 2.25. The van der Waals surface area contributed by atoms with Crippen LogP contribution in [0.4, 0.5) is 15.3 Å². The maximum absolute atomic E-state index is 12.1. The van der Waals surface area contributed by atoms with Crippen LogP contribution >= 0.6 is 0 Å². The molecule has 0 radical (unpaired) electrons. The third kappa shape index (κ3) is 11.3. The molecule has 0 aromatic heterocycles. The molecule has 12 heteroatoms. The molecule has 32 heavy (non-hydrogen) atoms. The standard InChI is InChI=1S/C20H26N6O6/c1-20(2,3)32-19(29)24-16(17(27)30-12-10-21)5-4-11-23-18(28)31-13-14-6-8-15(9-7-14)25-26-22/h6-9,16H,4-5,11-13H2,1-3H3,(H,23,28)(H,24,29). The highest BCUT2D eigenvalue weighted by atomic mass is 16.6. The highest BCUT2D eigenvalue weighted by Crippen LogP contribution is 2.13. The summed E-state index contributed by atoms with van der Waals surface area (Å²) in [6.07, 6.45) is -0.994. The Labute approximate surface area is 185 Å². The van der Waals surface area contributed by atoms with E-state index in [0.717, 1.165) is 0 Å². The first-order valence-electron chi connectivity index (χ1n) is 9.72. The summed E-state index contributed by atoms with van der Waals surface area (Å²) in [6.45, 7) is 4.79. The van der Waals surface area contributed by atoms with Crippen molar-refractivity contribution >= 4 is 23.8 Å². The molecular weight excluding hydrogens is 420 g/mol. The number of carbonyl (C=O) groups is 3. The van der Waals surface area contributed by atoms with Crippen molar-refractivity contribution in [2.75, 3.05) is 13.2 Å². The molecule has 1 atom stereocenters. The van der Waals surface area contributed by atoms with Crippen LogP contribution in [0.2, 0.25) is 0 Å². The third-order valence-electron chi connectivity index (χ3n) is 3.66. The zero-order valence-corrected chi connectivity index (χ0v) is 18.2. The topological polar surface area (TPSA) is 176 Å². The molecule has 1 aromatic carbocycles. The number of amides is 2. The summed E-state index contributed by atoms with van der Waals surface area (Å²) in [6, 6.07) is 7.17. The summed E-state index contributed by atoms with van der Waals surface area (Å²) in [5.41, 5.74) is 8.78. The lowest BCUT2D eigenvalue weighted by molar-refractivity contribution is -0.144. The number of hydrogen-bond acceptors (Lipinski definition) is 8. The SMILES string of the molecule is CC(C)(C)OC(=O)NC(CCCNC(=O)OCc1ccc(N=[N+]=[N-])cc1)C(=O)OCC#N. The van der Waals surface area contributed by atoms with Crippen LogP contribution in [0.1, 0.15) is 39.2 Å². The van der Waals surface area contributed by atoms with Gasteiger partial charge in [-0.2, -0.15) is 5.26 Å². The predicted molar refractivity (Wildman–Crippen MR) is 112 cm³/mol. The van der Waals surface area contributed by atoms with Crippen LogP contribution in [0.5, 0.6) is 0 Å². The summed E-state index contributed by atoms with van der Waals surface area (Å²) < 4.78 is 15.0. The van der Waals surface area contributed by atoms with E-state index in [9.17, 15) is 14.4 Å². The lowest BCUT2D eigenvalue weighted by Gasteiger charge is -2.22. The fraction of sp³-hybridized carbons (Fsp3) is 0.500. The summed E-state index contributed by atoms with van der Waals surface area (Å²) in [4.78, 5) is 38.5. The van der Waals surface area contributed by atoms with Gasteiger partial charge in [-0.1, -0.05) is 29.4 Å². The quantitative estimate of drug-likeness (QED) is 0.138. The molecule has 0 bridgehead atoms. The van der Waals surface area contributed by atoms with E-state index < -0.39 is 36.4 Å². The van der Waals surface area contributed by atoms with E-state index >= 15 is 0 Å². The van der Waals surface area contributed by atoms with Crippen LogP contribution in [0.15, 0.2) is 29.4 Å². The molecule has 0 saturated carbocycles. The van der Waals surface area contributed by atoms with Crippen molar-refractivity contribution in [2.45, 2.75) is 51.9 Å². The Kier molecular flexibility index (Phi) is 10.9. The second-order valence-corrected chi connectivity index (χ2v) is 7.47. The Morgan fingerprint density at radius 1 is 1.19 bits per heavy atom. The van der Waals surface area contributed by atoms with Gasteiger partial charge in [0.05, 0.1) is 0 Å². The third-order valence-corrected chi connectivity index (χ3v) is 3.66.